The maximum Gasteiger partial charge on any atom is 0.339 e. The highest BCUT2D eigenvalue weighted by Crippen LogP contribution is 2.21. The van der Waals surface area contributed by atoms with Crippen molar-refractivity contribution in [1.29, 1.82) is 5.26 Å². The van der Waals surface area contributed by atoms with E-state index in [1.807, 2.05) is 6.07 Å². The number of ether oxygens (including phenoxy) is 2. The molecule has 1 aromatic carbocycles. The lowest BCUT2D eigenvalue weighted by molar-refractivity contribution is 0.0691. The Balaban J connectivity index is 2.18. The molecule has 2 aromatic rings. The topological polar surface area (TPSA) is 92.4 Å². The first-order chi connectivity index (χ1) is 10.2. The predicted molar refractivity (Wildman–Crippen MR) is 73.2 cm³/mol. The van der Waals surface area contributed by atoms with Gasteiger partial charge in [-0.1, -0.05) is 6.07 Å². The molecular formula is C15H12N2O4. The second kappa shape index (κ2) is 6.39. The second-order valence-electron chi connectivity index (χ2n) is 4.11. The van der Waals surface area contributed by atoms with Gasteiger partial charge >= 0.3 is 5.97 Å². The monoisotopic (exact) mass is 284 g/mol. The summed E-state index contributed by atoms with van der Waals surface area (Å²) < 4.78 is 10.5. The maximum absolute atomic E-state index is 11.0. The van der Waals surface area contributed by atoms with E-state index in [2.05, 4.69) is 4.98 Å². The van der Waals surface area contributed by atoms with E-state index in [-0.39, 0.29) is 17.9 Å². The molecule has 0 aliphatic rings. The van der Waals surface area contributed by atoms with Gasteiger partial charge in [-0.3, -0.25) is 4.98 Å². The molecule has 6 nitrogen and oxygen atoms in total. The molecule has 0 spiro atoms. The Morgan fingerprint density at radius 2 is 2.19 bits per heavy atom. The van der Waals surface area contributed by atoms with Crippen molar-refractivity contribution >= 4 is 5.97 Å². The molecule has 106 valence electrons. The van der Waals surface area contributed by atoms with Crippen LogP contribution in [0.4, 0.5) is 0 Å². The summed E-state index contributed by atoms with van der Waals surface area (Å²) in [5, 5.41) is 18.1. The first kappa shape index (κ1) is 14.3. The second-order valence-corrected chi connectivity index (χ2v) is 4.11. The zero-order valence-corrected chi connectivity index (χ0v) is 11.2. The van der Waals surface area contributed by atoms with Gasteiger partial charge in [-0.25, -0.2) is 4.79 Å². The van der Waals surface area contributed by atoms with Gasteiger partial charge in [0.2, 0.25) is 0 Å². The Bertz CT molecular complexity index is 707. The number of benzene rings is 1. The van der Waals surface area contributed by atoms with Crippen LogP contribution < -0.4 is 9.47 Å². The van der Waals surface area contributed by atoms with Gasteiger partial charge in [-0.2, -0.15) is 5.26 Å². The first-order valence-corrected chi connectivity index (χ1v) is 6.03. The van der Waals surface area contributed by atoms with Gasteiger partial charge in [0.15, 0.2) is 5.75 Å². The minimum absolute atomic E-state index is 0.0408. The lowest BCUT2D eigenvalue weighted by Gasteiger charge is -2.09. The fraction of sp³-hybridized carbons (Fsp3) is 0.133. The molecule has 21 heavy (non-hydrogen) atoms. The Kier molecular flexibility index (Phi) is 4.36. The number of nitrogens with zero attached hydrogens (tertiary/aromatic N) is 2. The van der Waals surface area contributed by atoms with E-state index >= 15 is 0 Å². The van der Waals surface area contributed by atoms with Crippen molar-refractivity contribution in [3.05, 3.63) is 53.3 Å². The molecule has 0 atom stereocenters. The van der Waals surface area contributed by atoms with Crippen LogP contribution in [0.25, 0.3) is 0 Å². The van der Waals surface area contributed by atoms with Crippen molar-refractivity contribution in [3.63, 3.8) is 0 Å². The zero-order valence-electron chi connectivity index (χ0n) is 11.2. The van der Waals surface area contributed by atoms with E-state index in [1.54, 1.807) is 18.2 Å². The standard InChI is InChI=1S/C15H12N2O4/c1-20-13-3-2-10(6-11(13)7-16)9-21-14-8-17-5-4-12(14)15(18)19/h2-6,8H,9H2,1H3,(H,18,19). The fourth-order valence-corrected chi connectivity index (χ4v) is 1.77. The van der Waals surface area contributed by atoms with Crippen molar-refractivity contribution in [2.45, 2.75) is 6.61 Å². The number of hydrogen-bond acceptors (Lipinski definition) is 5. The van der Waals surface area contributed by atoms with Crippen molar-refractivity contribution in [3.8, 4) is 17.6 Å². The van der Waals surface area contributed by atoms with E-state index in [0.717, 1.165) is 5.56 Å². The smallest absolute Gasteiger partial charge is 0.339 e. The molecule has 1 heterocycles. The van der Waals surface area contributed by atoms with Crippen molar-refractivity contribution in [1.82, 2.24) is 4.98 Å². The summed E-state index contributed by atoms with van der Waals surface area (Å²) in [5.74, 6) is -0.423. The van der Waals surface area contributed by atoms with E-state index in [9.17, 15) is 4.79 Å². The lowest BCUT2D eigenvalue weighted by Crippen LogP contribution is -2.04. The first-order valence-electron chi connectivity index (χ1n) is 6.03. The number of methoxy groups -OCH3 is 1. The highest BCUT2D eigenvalue weighted by molar-refractivity contribution is 5.90. The minimum Gasteiger partial charge on any atom is -0.495 e. The van der Waals surface area contributed by atoms with Crippen LogP contribution in [0.15, 0.2) is 36.7 Å². The van der Waals surface area contributed by atoms with Gasteiger partial charge in [0.05, 0.1) is 18.9 Å². The van der Waals surface area contributed by atoms with Gasteiger partial charge < -0.3 is 14.6 Å². The molecule has 1 N–H and O–H groups in total. The van der Waals surface area contributed by atoms with E-state index in [0.29, 0.717) is 11.3 Å². The summed E-state index contributed by atoms with van der Waals surface area (Å²) in [7, 11) is 1.49. The van der Waals surface area contributed by atoms with E-state index in [4.69, 9.17) is 19.8 Å². The molecule has 0 aliphatic carbocycles. The third-order valence-corrected chi connectivity index (χ3v) is 2.79. The molecule has 2 rings (SSSR count). The highest BCUT2D eigenvalue weighted by Gasteiger charge is 2.11. The molecule has 1 aromatic heterocycles. The number of aromatic carboxylic acids is 1. The number of hydrogen-bond donors (Lipinski definition) is 1. The highest BCUT2D eigenvalue weighted by atomic mass is 16.5. The van der Waals surface area contributed by atoms with Crippen molar-refractivity contribution in [2.24, 2.45) is 0 Å². The normalized spacial score (nSPS) is 9.71. The molecule has 0 saturated heterocycles. The predicted octanol–water partition coefficient (Wildman–Crippen LogP) is 2.24. The maximum atomic E-state index is 11.0. The summed E-state index contributed by atoms with van der Waals surface area (Å²) in [4.78, 5) is 14.9. The van der Waals surface area contributed by atoms with Crippen LogP contribution in [0.2, 0.25) is 0 Å². The molecule has 0 radical (unpaired) electrons. The van der Waals surface area contributed by atoms with E-state index < -0.39 is 5.97 Å². The molecule has 0 fully saturated rings. The number of carboxylic acids is 1. The van der Waals surface area contributed by atoms with Crippen LogP contribution in [-0.2, 0) is 6.61 Å². The molecule has 0 bridgehead atoms. The van der Waals surface area contributed by atoms with Gasteiger partial charge in [0.25, 0.3) is 0 Å². The summed E-state index contributed by atoms with van der Waals surface area (Å²) in [5.41, 5.74) is 1.16. The Hall–Kier alpha value is -3.07. The molecule has 6 heteroatoms. The molecule has 0 amide bonds. The number of nitriles is 1. The molecular weight excluding hydrogens is 272 g/mol. The SMILES string of the molecule is COc1ccc(COc2cnccc2C(=O)O)cc1C#N. The van der Waals surface area contributed by atoms with Crippen LogP contribution in [0.1, 0.15) is 21.5 Å². The fourth-order valence-electron chi connectivity index (χ4n) is 1.77. The Morgan fingerprint density at radius 3 is 2.86 bits per heavy atom. The third kappa shape index (κ3) is 3.28. The van der Waals surface area contributed by atoms with Gasteiger partial charge in [0.1, 0.15) is 24.0 Å². The summed E-state index contributed by atoms with van der Waals surface area (Å²) in [6.07, 6.45) is 2.73. The summed E-state index contributed by atoms with van der Waals surface area (Å²) >= 11 is 0. The molecule has 0 aliphatic heterocycles. The lowest BCUT2D eigenvalue weighted by atomic mass is 10.1. The number of aromatic nitrogens is 1. The average molecular weight is 284 g/mol. The van der Waals surface area contributed by atoms with Crippen LogP contribution >= 0.6 is 0 Å². The van der Waals surface area contributed by atoms with Crippen molar-refractivity contribution < 1.29 is 19.4 Å². The number of rotatable bonds is 5. The number of pyridine rings is 1. The van der Waals surface area contributed by atoms with Gasteiger partial charge in [0, 0.05) is 6.20 Å². The number of carbonyl (C=O) groups is 1. The minimum atomic E-state index is -1.08. The van der Waals surface area contributed by atoms with Crippen LogP contribution in [0.5, 0.6) is 11.5 Å². The van der Waals surface area contributed by atoms with Gasteiger partial charge in [-0.15, -0.1) is 0 Å². The Labute approximate surface area is 121 Å². The van der Waals surface area contributed by atoms with E-state index in [1.165, 1.54) is 25.6 Å². The third-order valence-electron chi connectivity index (χ3n) is 2.79. The molecule has 0 unspecified atom stereocenters. The summed E-state index contributed by atoms with van der Waals surface area (Å²) in [6, 6.07) is 8.44. The molecule has 0 saturated carbocycles. The van der Waals surface area contributed by atoms with Crippen molar-refractivity contribution in [2.75, 3.05) is 7.11 Å². The van der Waals surface area contributed by atoms with Crippen LogP contribution in [0, 0.1) is 11.3 Å². The van der Waals surface area contributed by atoms with Gasteiger partial charge in [-0.05, 0) is 23.8 Å². The largest absolute Gasteiger partial charge is 0.495 e. The average Bonchev–Trinajstić information content (AvgIpc) is 2.52. The van der Waals surface area contributed by atoms with Crippen LogP contribution in [-0.4, -0.2) is 23.2 Å². The summed E-state index contributed by atoms with van der Waals surface area (Å²) in [6.45, 7) is 0.130. The number of carboxylic acid groups (broad SMARTS) is 1. The Morgan fingerprint density at radius 1 is 1.38 bits per heavy atom. The zero-order chi connectivity index (χ0) is 15.2. The quantitative estimate of drug-likeness (QED) is 0.905. The van der Waals surface area contributed by atoms with Crippen LogP contribution in [0.3, 0.4) is 0 Å².